The molecule has 0 aliphatic heterocycles. The molecule has 0 spiro atoms. The molecule has 0 aliphatic rings. The van der Waals surface area contributed by atoms with E-state index in [4.69, 9.17) is 19.9 Å². The van der Waals surface area contributed by atoms with Gasteiger partial charge in [-0.15, -0.1) is 0 Å². The van der Waals surface area contributed by atoms with E-state index in [-0.39, 0.29) is 0 Å². The number of para-hydroxylation sites is 2. The van der Waals surface area contributed by atoms with Crippen molar-refractivity contribution in [3.05, 3.63) is 24.3 Å². The monoisotopic (exact) mass is 267 g/mol. The molecule has 2 N–H and O–H groups in total. The second-order valence-electron chi connectivity index (χ2n) is 4.59. The van der Waals surface area contributed by atoms with E-state index in [0.717, 1.165) is 13.0 Å². The summed E-state index contributed by atoms with van der Waals surface area (Å²) in [4.78, 5) is 0. The summed E-state index contributed by atoms with van der Waals surface area (Å²) in [6.45, 7) is 7.43. The molecule has 0 aliphatic carbocycles. The highest BCUT2D eigenvalue weighted by atomic mass is 16.5. The first-order valence-corrected chi connectivity index (χ1v) is 6.86. The van der Waals surface area contributed by atoms with Crippen molar-refractivity contribution in [3.8, 4) is 5.75 Å². The van der Waals surface area contributed by atoms with Gasteiger partial charge in [0.2, 0.25) is 0 Å². The zero-order valence-corrected chi connectivity index (χ0v) is 11.9. The van der Waals surface area contributed by atoms with Crippen molar-refractivity contribution in [2.45, 2.75) is 20.3 Å². The maximum atomic E-state index is 5.76. The highest BCUT2D eigenvalue weighted by Crippen LogP contribution is 2.19. The summed E-state index contributed by atoms with van der Waals surface area (Å²) in [6, 6.07) is 7.45. The molecule has 1 aromatic rings. The molecule has 108 valence electrons. The minimum absolute atomic E-state index is 0.500. The van der Waals surface area contributed by atoms with Gasteiger partial charge < -0.3 is 19.9 Å². The molecule has 1 atom stereocenters. The Bertz CT molecular complexity index is 344. The lowest BCUT2D eigenvalue weighted by Crippen LogP contribution is -2.13. The second kappa shape index (κ2) is 9.64. The lowest BCUT2D eigenvalue weighted by atomic mass is 10.1. The van der Waals surface area contributed by atoms with E-state index in [9.17, 15) is 0 Å². The third-order valence-corrected chi connectivity index (χ3v) is 2.88. The number of hydrogen-bond donors (Lipinski definition) is 1. The van der Waals surface area contributed by atoms with E-state index >= 15 is 0 Å². The van der Waals surface area contributed by atoms with Crippen molar-refractivity contribution in [2.24, 2.45) is 5.92 Å². The van der Waals surface area contributed by atoms with Crippen LogP contribution in [-0.2, 0) is 9.47 Å². The fourth-order valence-corrected chi connectivity index (χ4v) is 1.44. The summed E-state index contributed by atoms with van der Waals surface area (Å²) < 4.78 is 16.4. The third-order valence-electron chi connectivity index (χ3n) is 2.88. The van der Waals surface area contributed by atoms with Crippen molar-refractivity contribution in [3.63, 3.8) is 0 Å². The quantitative estimate of drug-likeness (QED) is 0.523. The van der Waals surface area contributed by atoms with Gasteiger partial charge in [0.15, 0.2) is 0 Å². The maximum absolute atomic E-state index is 5.76. The molecule has 4 nitrogen and oxygen atoms in total. The Kier molecular flexibility index (Phi) is 8.02. The molecule has 1 rings (SSSR count). The Balaban J connectivity index is 1.96. The van der Waals surface area contributed by atoms with Crippen molar-refractivity contribution < 1.29 is 14.2 Å². The fraction of sp³-hybridized carbons (Fsp3) is 0.600. The van der Waals surface area contributed by atoms with Crippen LogP contribution in [0.4, 0.5) is 5.69 Å². The SMILES string of the molecule is CCC(C)COCCOCCOc1ccccc1N. The topological polar surface area (TPSA) is 53.7 Å². The van der Waals surface area contributed by atoms with Gasteiger partial charge >= 0.3 is 0 Å². The predicted molar refractivity (Wildman–Crippen MR) is 77.4 cm³/mol. The van der Waals surface area contributed by atoms with E-state index in [1.165, 1.54) is 0 Å². The number of hydrogen-bond acceptors (Lipinski definition) is 4. The van der Waals surface area contributed by atoms with Crippen LogP contribution in [0.3, 0.4) is 0 Å². The van der Waals surface area contributed by atoms with Crippen molar-refractivity contribution in [1.82, 2.24) is 0 Å². The van der Waals surface area contributed by atoms with E-state index in [1.807, 2.05) is 24.3 Å². The van der Waals surface area contributed by atoms with Gasteiger partial charge in [0, 0.05) is 6.61 Å². The van der Waals surface area contributed by atoms with Gasteiger partial charge in [0.05, 0.1) is 25.5 Å². The van der Waals surface area contributed by atoms with Gasteiger partial charge in [-0.3, -0.25) is 0 Å². The number of anilines is 1. The van der Waals surface area contributed by atoms with Crippen LogP contribution >= 0.6 is 0 Å². The Morgan fingerprint density at radius 1 is 1.05 bits per heavy atom. The molecule has 4 heteroatoms. The van der Waals surface area contributed by atoms with E-state index < -0.39 is 0 Å². The van der Waals surface area contributed by atoms with Gasteiger partial charge in [-0.05, 0) is 18.1 Å². The van der Waals surface area contributed by atoms with Crippen molar-refractivity contribution in [2.75, 3.05) is 38.8 Å². The Morgan fingerprint density at radius 3 is 2.47 bits per heavy atom. The summed E-state index contributed by atoms with van der Waals surface area (Å²) >= 11 is 0. The summed E-state index contributed by atoms with van der Waals surface area (Å²) in [6.07, 6.45) is 1.15. The minimum atomic E-state index is 0.500. The molecule has 1 unspecified atom stereocenters. The van der Waals surface area contributed by atoms with Crippen LogP contribution in [0.2, 0.25) is 0 Å². The van der Waals surface area contributed by atoms with Gasteiger partial charge in [0.1, 0.15) is 12.4 Å². The summed E-state index contributed by atoms with van der Waals surface area (Å²) in [5, 5.41) is 0. The highest BCUT2D eigenvalue weighted by molar-refractivity contribution is 5.51. The first-order chi connectivity index (χ1) is 9.24. The fourth-order valence-electron chi connectivity index (χ4n) is 1.44. The van der Waals surface area contributed by atoms with E-state index in [1.54, 1.807) is 0 Å². The molecule has 0 saturated carbocycles. The van der Waals surface area contributed by atoms with Gasteiger partial charge in [-0.1, -0.05) is 32.4 Å². The van der Waals surface area contributed by atoms with Crippen molar-refractivity contribution >= 4 is 5.69 Å². The average molecular weight is 267 g/mol. The van der Waals surface area contributed by atoms with Crippen LogP contribution in [0.15, 0.2) is 24.3 Å². The van der Waals surface area contributed by atoms with Gasteiger partial charge in [-0.25, -0.2) is 0 Å². The molecule has 0 heterocycles. The molecule has 0 amide bonds. The lowest BCUT2D eigenvalue weighted by molar-refractivity contribution is 0.0262. The first-order valence-electron chi connectivity index (χ1n) is 6.86. The third kappa shape index (κ3) is 7.03. The van der Waals surface area contributed by atoms with E-state index in [0.29, 0.717) is 43.8 Å². The van der Waals surface area contributed by atoms with E-state index in [2.05, 4.69) is 13.8 Å². The van der Waals surface area contributed by atoms with Gasteiger partial charge in [-0.2, -0.15) is 0 Å². The number of benzene rings is 1. The largest absolute Gasteiger partial charge is 0.489 e. The van der Waals surface area contributed by atoms with Crippen LogP contribution in [0.25, 0.3) is 0 Å². The number of ether oxygens (including phenoxy) is 3. The first kappa shape index (κ1) is 15.8. The number of nitrogen functional groups attached to an aromatic ring is 1. The predicted octanol–water partition coefficient (Wildman–Crippen LogP) is 2.73. The zero-order chi connectivity index (χ0) is 13.9. The summed E-state index contributed by atoms with van der Waals surface area (Å²) in [5.41, 5.74) is 6.41. The van der Waals surface area contributed by atoms with Gasteiger partial charge in [0.25, 0.3) is 0 Å². The molecule has 0 radical (unpaired) electrons. The Hall–Kier alpha value is -1.26. The Morgan fingerprint density at radius 2 is 1.74 bits per heavy atom. The standard InChI is InChI=1S/C15H25NO3/c1-3-13(2)12-18-9-8-17-10-11-19-15-7-5-4-6-14(15)16/h4-7,13H,3,8-12,16H2,1-2H3. The number of nitrogens with two attached hydrogens (primary N) is 1. The highest BCUT2D eigenvalue weighted by Gasteiger charge is 1.99. The lowest BCUT2D eigenvalue weighted by Gasteiger charge is -2.10. The molecular weight excluding hydrogens is 242 g/mol. The Labute approximate surface area is 115 Å². The second-order valence-corrected chi connectivity index (χ2v) is 4.59. The van der Waals surface area contributed by atoms with Crippen molar-refractivity contribution in [1.29, 1.82) is 0 Å². The number of rotatable bonds is 10. The molecular formula is C15H25NO3. The minimum Gasteiger partial charge on any atom is -0.489 e. The summed E-state index contributed by atoms with van der Waals surface area (Å²) in [5.74, 6) is 1.32. The molecule has 0 fully saturated rings. The smallest absolute Gasteiger partial charge is 0.142 e. The van der Waals surface area contributed by atoms with Crippen LogP contribution in [0.1, 0.15) is 20.3 Å². The molecule has 0 saturated heterocycles. The molecule has 0 aromatic heterocycles. The maximum Gasteiger partial charge on any atom is 0.142 e. The average Bonchev–Trinajstić information content (AvgIpc) is 2.43. The molecule has 19 heavy (non-hydrogen) atoms. The zero-order valence-electron chi connectivity index (χ0n) is 11.9. The van der Waals surface area contributed by atoms with Crippen LogP contribution < -0.4 is 10.5 Å². The van der Waals surface area contributed by atoms with Crippen LogP contribution in [0.5, 0.6) is 5.75 Å². The normalized spacial score (nSPS) is 12.3. The molecule has 0 bridgehead atoms. The van der Waals surface area contributed by atoms with Crippen LogP contribution in [-0.4, -0.2) is 33.0 Å². The molecule has 1 aromatic carbocycles. The van der Waals surface area contributed by atoms with Crippen LogP contribution in [0, 0.1) is 5.92 Å². The summed E-state index contributed by atoms with van der Waals surface area (Å²) in [7, 11) is 0.